The van der Waals surface area contributed by atoms with Gasteiger partial charge in [-0.05, 0) is 53.7 Å². The van der Waals surface area contributed by atoms with Crippen molar-refractivity contribution in [2.75, 3.05) is 12.9 Å². The van der Waals surface area contributed by atoms with Crippen molar-refractivity contribution in [3.8, 4) is 5.75 Å². The third-order valence-corrected chi connectivity index (χ3v) is 5.17. The summed E-state index contributed by atoms with van der Waals surface area (Å²) in [7, 11) is 1.63. The van der Waals surface area contributed by atoms with Crippen LogP contribution in [0.1, 0.15) is 32.8 Å². The summed E-state index contributed by atoms with van der Waals surface area (Å²) in [6, 6.07) is 7.68. The molecule has 1 aromatic rings. The molecule has 1 aliphatic heterocycles. The number of thiol groups is 1. The molecule has 0 atom stereocenters. The van der Waals surface area contributed by atoms with Gasteiger partial charge in [0.05, 0.1) is 12.7 Å². The quantitative estimate of drug-likeness (QED) is 0.216. The van der Waals surface area contributed by atoms with Crippen LogP contribution in [0.15, 0.2) is 77.5 Å². The number of allylic oxidation sites excluding steroid dienone is 5. The molecule has 0 aliphatic carbocycles. The van der Waals surface area contributed by atoms with E-state index in [0.717, 1.165) is 22.5 Å². The Bertz CT molecular complexity index is 878. The van der Waals surface area contributed by atoms with Gasteiger partial charge in [0.1, 0.15) is 16.6 Å². The number of methoxy groups -OCH3 is 1. The van der Waals surface area contributed by atoms with Crippen molar-refractivity contribution in [1.29, 1.82) is 5.41 Å². The molecular weight excluding hydrogens is 414 g/mol. The molecule has 1 aromatic carbocycles. The van der Waals surface area contributed by atoms with Gasteiger partial charge in [-0.25, -0.2) is 4.79 Å². The first-order valence-electron chi connectivity index (χ1n) is 9.62. The predicted molar refractivity (Wildman–Crippen MR) is 132 cm³/mol. The first-order chi connectivity index (χ1) is 14.5. The van der Waals surface area contributed by atoms with Crippen LogP contribution in [0, 0.1) is 5.41 Å². The minimum atomic E-state index is -0.538. The van der Waals surface area contributed by atoms with E-state index < -0.39 is 5.97 Å². The summed E-state index contributed by atoms with van der Waals surface area (Å²) in [4.78, 5) is 12.5. The number of hydrogen-bond acceptors (Lipinski definition) is 6. The van der Waals surface area contributed by atoms with Crippen LogP contribution in [0.25, 0.3) is 5.57 Å². The second kappa shape index (κ2) is 13.7. The summed E-state index contributed by atoms with van der Waals surface area (Å²) in [5.41, 5.74) is 3.05. The van der Waals surface area contributed by atoms with Gasteiger partial charge in [-0.2, -0.15) is 12.6 Å². The summed E-state index contributed by atoms with van der Waals surface area (Å²) < 4.78 is 10.6. The first kappa shape index (κ1) is 25.6. The average molecular weight is 444 g/mol. The van der Waals surface area contributed by atoms with E-state index in [9.17, 15) is 4.79 Å². The highest BCUT2D eigenvalue weighted by Gasteiger charge is 2.21. The highest BCUT2D eigenvalue weighted by atomic mass is 32.2. The molecule has 1 aliphatic rings. The van der Waals surface area contributed by atoms with Crippen molar-refractivity contribution < 1.29 is 14.3 Å². The number of benzene rings is 1. The van der Waals surface area contributed by atoms with Crippen molar-refractivity contribution in [1.82, 2.24) is 0 Å². The molecule has 30 heavy (non-hydrogen) atoms. The molecule has 0 saturated carbocycles. The summed E-state index contributed by atoms with van der Waals surface area (Å²) in [5.74, 6) is 1.23. The van der Waals surface area contributed by atoms with Gasteiger partial charge < -0.3 is 9.47 Å². The number of ether oxygens (including phenoxy) is 2. The van der Waals surface area contributed by atoms with Gasteiger partial charge in [0.2, 0.25) is 0 Å². The van der Waals surface area contributed by atoms with Crippen molar-refractivity contribution in [3.05, 3.63) is 83.0 Å². The van der Waals surface area contributed by atoms with Crippen LogP contribution in [0.5, 0.6) is 5.75 Å². The van der Waals surface area contributed by atoms with Crippen molar-refractivity contribution >= 4 is 41.0 Å². The van der Waals surface area contributed by atoms with E-state index in [0.29, 0.717) is 17.9 Å². The summed E-state index contributed by atoms with van der Waals surface area (Å²) in [6.45, 7) is 9.73. The zero-order valence-corrected chi connectivity index (χ0v) is 19.6. The monoisotopic (exact) mass is 443 g/mol. The van der Waals surface area contributed by atoms with Gasteiger partial charge in [-0.3, -0.25) is 5.41 Å². The topological polar surface area (TPSA) is 59.4 Å². The number of thioether (sulfide) groups is 1. The Morgan fingerprint density at radius 3 is 2.57 bits per heavy atom. The molecule has 2 rings (SSSR count). The Hall–Kier alpha value is -2.44. The minimum absolute atomic E-state index is 0.140. The van der Waals surface area contributed by atoms with Crippen LogP contribution in [-0.4, -0.2) is 23.9 Å². The average Bonchev–Trinajstić information content (AvgIpc) is 2.95. The number of rotatable bonds is 7. The molecular formula is C24H29NO3S2. The number of nitrogens with one attached hydrogen (secondary N) is 1. The molecule has 1 heterocycles. The Labute approximate surface area is 189 Å². The predicted octanol–water partition coefficient (Wildman–Crippen LogP) is 6.59. The number of hydrogen-bond donors (Lipinski definition) is 2. The van der Waals surface area contributed by atoms with Crippen LogP contribution in [-0.2, 0) is 9.53 Å². The second-order valence-corrected chi connectivity index (χ2v) is 7.11. The van der Waals surface area contributed by atoms with E-state index in [1.165, 1.54) is 11.8 Å². The number of esters is 1. The van der Waals surface area contributed by atoms with E-state index >= 15 is 0 Å². The number of carbonyl (C=O) groups excluding carboxylic acids is 1. The maximum atomic E-state index is 12.5. The third-order valence-electron chi connectivity index (χ3n) is 4.03. The first-order valence-corrected chi connectivity index (χ1v) is 11.1. The lowest BCUT2D eigenvalue weighted by atomic mass is 10.1. The van der Waals surface area contributed by atoms with E-state index in [1.54, 1.807) is 31.4 Å². The molecule has 160 valence electrons. The van der Waals surface area contributed by atoms with E-state index in [4.69, 9.17) is 14.9 Å². The minimum Gasteiger partial charge on any atom is -0.497 e. The van der Waals surface area contributed by atoms with Gasteiger partial charge in [0.15, 0.2) is 0 Å². The molecule has 6 heteroatoms. The largest absolute Gasteiger partial charge is 0.497 e. The molecule has 1 N–H and O–H groups in total. The van der Waals surface area contributed by atoms with Crippen LogP contribution >= 0.6 is 24.4 Å². The number of cyclic esters (lactones) is 1. The lowest BCUT2D eigenvalue weighted by Gasteiger charge is -2.08. The molecule has 0 fully saturated rings. The fraction of sp³-hybridized carbons (Fsp3) is 0.250. The Kier molecular flexibility index (Phi) is 11.7. The van der Waals surface area contributed by atoms with Crippen LogP contribution < -0.4 is 4.74 Å². The zero-order valence-electron chi connectivity index (χ0n) is 17.9. The molecule has 0 aromatic heterocycles. The highest BCUT2D eigenvalue weighted by Crippen LogP contribution is 2.27. The maximum Gasteiger partial charge on any atom is 0.345 e. The van der Waals surface area contributed by atoms with Gasteiger partial charge in [0.25, 0.3) is 0 Å². The standard InChI is InChI=1S/C22H23NO3S2.C2H6/c1-4-16-9-12-19(22(24)26-20(16)6-5-13-27)21(23)28-14-15(2)17-7-10-18(25-3)11-8-17;1-2/h4-8,10-12,14,23,27H,1,9,13H2,2-3H3;1-2H3/b6-5-,15-14+,23-21?;. The number of carbonyl (C=O) groups is 1. The SMILES string of the molecule is C=CC1=C(/C=C\CS)OC(=O)C(C(=N)S/C=C(\C)c2ccc(OC)cc2)=CC1.CC. The second-order valence-electron chi connectivity index (χ2n) is 5.87. The summed E-state index contributed by atoms with van der Waals surface area (Å²) >= 11 is 5.31. The normalized spacial score (nSPS) is 14.4. The Balaban J connectivity index is 0.00000218. The van der Waals surface area contributed by atoms with E-state index in [1.807, 2.05) is 50.4 Å². The van der Waals surface area contributed by atoms with Gasteiger partial charge >= 0.3 is 5.97 Å². The van der Waals surface area contributed by atoms with Gasteiger partial charge in [-0.1, -0.05) is 62.5 Å². The fourth-order valence-electron chi connectivity index (χ4n) is 2.42. The summed E-state index contributed by atoms with van der Waals surface area (Å²) in [6.07, 6.45) is 7.35. The molecule has 0 saturated heterocycles. The van der Waals surface area contributed by atoms with Crippen molar-refractivity contribution in [3.63, 3.8) is 0 Å². The summed E-state index contributed by atoms with van der Waals surface area (Å²) in [5, 5.41) is 10.3. The smallest absolute Gasteiger partial charge is 0.345 e. The molecule has 0 spiro atoms. The van der Waals surface area contributed by atoms with Crippen LogP contribution in [0.2, 0.25) is 0 Å². The lowest BCUT2D eigenvalue weighted by Crippen LogP contribution is -2.11. The highest BCUT2D eigenvalue weighted by molar-refractivity contribution is 8.17. The fourth-order valence-corrected chi connectivity index (χ4v) is 3.25. The molecule has 0 radical (unpaired) electrons. The van der Waals surface area contributed by atoms with Gasteiger partial charge in [-0.15, -0.1) is 0 Å². The van der Waals surface area contributed by atoms with Crippen LogP contribution in [0.4, 0.5) is 0 Å². The van der Waals surface area contributed by atoms with Gasteiger partial charge in [0, 0.05) is 5.75 Å². The molecule has 0 unspecified atom stereocenters. The molecule has 0 bridgehead atoms. The van der Waals surface area contributed by atoms with Crippen LogP contribution in [0.3, 0.4) is 0 Å². The van der Waals surface area contributed by atoms with E-state index in [-0.39, 0.29) is 10.6 Å². The van der Waals surface area contributed by atoms with E-state index in [2.05, 4.69) is 19.2 Å². The molecule has 4 nitrogen and oxygen atoms in total. The third kappa shape index (κ3) is 7.43. The Morgan fingerprint density at radius 2 is 2.00 bits per heavy atom. The zero-order chi connectivity index (χ0) is 22.5. The molecule has 0 amide bonds. The Morgan fingerprint density at radius 1 is 1.33 bits per heavy atom. The maximum absolute atomic E-state index is 12.5. The lowest BCUT2D eigenvalue weighted by molar-refractivity contribution is -0.133. The van der Waals surface area contributed by atoms with Crippen molar-refractivity contribution in [2.24, 2.45) is 0 Å². The van der Waals surface area contributed by atoms with Crippen molar-refractivity contribution in [2.45, 2.75) is 27.2 Å².